The summed E-state index contributed by atoms with van der Waals surface area (Å²) in [4.78, 5) is 44.9. The SMILES string of the molecule is O=C(O)c1cc(NCc2ccc(CNc3cc(C(=O)O)cc(C(=O)O)c3)cc2)cc(C(=O)O)c1. The van der Waals surface area contributed by atoms with E-state index >= 15 is 0 Å². The van der Waals surface area contributed by atoms with E-state index < -0.39 is 23.9 Å². The molecule has 174 valence electrons. The zero-order valence-corrected chi connectivity index (χ0v) is 17.6. The Labute approximate surface area is 193 Å². The van der Waals surface area contributed by atoms with Crippen LogP contribution in [0.2, 0.25) is 0 Å². The highest BCUT2D eigenvalue weighted by molar-refractivity contribution is 5.96. The molecule has 10 heteroatoms. The van der Waals surface area contributed by atoms with Crippen LogP contribution in [-0.2, 0) is 13.1 Å². The normalized spacial score (nSPS) is 10.4. The number of carboxylic acid groups (broad SMARTS) is 4. The Morgan fingerprint density at radius 3 is 1.00 bits per heavy atom. The molecule has 0 bridgehead atoms. The molecule has 6 N–H and O–H groups in total. The molecule has 0 aliphatic heterocycles. The highest BCUT2D eigenvalue weighted by atomic mass is 16.4. The summed E-state index contributed by atoms with van der Waals surface area (Å²) in [5.41, 5.74) is 1.86. The van der Waals surface area contributed by atoms with Crippen LogP contribution >= 0.6 is 0 Å². The predicted octanol–water partition coefficient (Wildman–Crippen LogP) is 3.70. The van der Waals surface area contributed by atoms with E-state index in [4.69, 9.17) is 20.4 Å². The second-order valence-corrected chi connectivity index (χ2v) is 7.34. The lowest BCUT2D eigenvalue weighted by Crippen LogP contribution is -2.07. The molecule has 0 aliphatic carbocycles. The average molecular weight is 464 g/mol. The summed E-state index contributed by atoms with van der Waals surface area (Å²) < 4.78 is 0. The third-order valence-corrected chi connectivity index (χ3v) is 4.87. The van der Waals surface area contributed by atoms with Gasteiger partial charge in [0.2, 0.25) is 0 Å². The van der Waals surface area contributed by atoms with Crippen molar-refractivity contribution in [3.8, 4) is 0 Å². The number of rotatable bonds is 10. The van der Waals surface area contributed by atoms with Gasteiger partial charge in [0.25, 0.3) is 0 Å². The van der Waals surface area contributed by atoms with Crippen molar-refractivity contribution in [2.75, 3.05) is 10.6 Å². The van der Waals surface area contributed by atoms with Crippen LogP contribution < -0.4 is 10.6 Å². The van der Waals surface area contributed by atoms with Gasteiger partial charge in [-0.25, -0.2) is 19.2 Å². The molecule has 34 heavy (non-hydrogen) atoms. The van der Waals surface area contributed by atoms with Crippen LogP contribution in [0.3, 0.4) is 0 Å². The maximum atomic E-state index is 11.2. The zero-order valence-electron chi connectivity index (χ0n) is 17.6. The van der Waals surface area contributed by atoms with Crippen molar-refractivity contribution in [1.29, 1.82) is 0 Å². The van der Waals surface area contributed by atoms with E-state index in [1.165, 1.54) is 24.3 Å². The Morgan fingerprint density at radius 2 is 0.765 bits per heavy atom. The van der Waals surface area contributed by atoms with Crippen molar-refractivity contribution in [3.63, 3.8) is 0 Å². The van der Waals surface area contributed by atoms with Crippen molar-refractivity contribution >= 4 is 35.3 Å². The lowest BCUT2D eigenvalue weighted by molar-refractivity contribution is 0.0676. The largest absolute Gasteiger partial charge is 0.478 e. The van der Waals surface area contributed by atoms with Crippen LogP contribution in [-0.4, -0.2) is 44.3 Å². The molecule has 3 aromatic carbocycles. The first-order chi connectivity index (χ1) is 16.1. The van der Waals surface area contributed by atoms with Crippen LogP contribution in [0.25, 0.3) is 0 Å². The molecule has 0 spiro atoms. The van der Waals surface area contributed by atoms with Gasteiger partial charge in [-0.05, 0) is 47.5 Å². The summed E-state index contributed by atoms with van der Waals surface area (Å²) in [5.74, 6) is -4.92. The molecular formula is C24H20N2O8. The Morgan fingerprint density at radius 1 is 0.500 bits per heavy atom. The van der Waals surface area contributed by atoms with Crippen molar-refractivity contribution in [3.05, 3.63) is 94.0 Å². The summed E-state index contributed by atoms with van der Waals surface area (Å²) in [6.07, 6.45) is 0. The smallest absolute Gasteiger partial charge is 0.335 e. The molecule has 0 radical (unpaired) electrons. The van der Waals surface area contributed by atoms with E-state index in [0.29, 0.717) is 24.5 Å². The first-order valence-corrected chi connectivity index (χ1v) is 9.91. The fourth-order valence-electron chi connectivity index (χ4n) is 3.14. The van der Waals surface area contributed by atoms with Gasteiger partial charge in [-0.3, -0.25) is 0 Å². The van der Waals surface area contributed by atoms with Gasteiger partial charge in [0, 0.05) is 24.5 Å². The van der Waals surface area contributed by atoms with Crippen LogP contribution in [0, 0.1) is 0 Å². The molecule has 0 saturated carbocycles. The number of aromatic carboxylic acids is 4. The predicted molar refractivity (Wildman–Crippen MR) is 122 cm³/mol. The average Bonchev–Trinajstić information content (AvgIpc) is 2.81. The zero-order chi connectivity index (χ0) is 24.8. The Bertz CT molecular complexity index is 1110. The molecule has 10 nitrogen and oxygen atoms in total. The summed E-state index contributed by atoms with van der Waals surface area (Å²) in [5, 5.41) is 42.7. The third kappa shape index (κ3) is 6.10. The van der Waals surface area contributed by atoms with Crippen molar-refractivity contribution in [2.45, 2.75) is 13.1 Å². The minimum absolute atomic E-state index is 0.137. The fraction of sp³-hybridized carbons (Fsp3) is 0.0833. The second kappa shape index (κ2) is 10.2. The first-order valence-electron chi connectivity index (χ1n) is 9.91. The topological polar surface area (TPSA) is 173 Å². The number of hydrogen-bond acceptors (Lipinski definition) is 6. The van der Waals surface area contributed by atoms with Gasteiger partial charge in [-0.1, -0.05) is 24.3 Å². The van der Waals surface area contributed by atoms with E-state index in [2.05, 4.69) is 10.6 Å². The Kier molecular flexibility index (Phi) is 7.12. The molecular weight excluding hydrogens is 444 g/mol. The molecule has 0 aromatic heterocycles. The summed E-state index contributed by atoms with van der Waals surface area (Å²) in [6, 6.07) is 14.9. The molecule has 0 aliphatic rings. The van der Waals surface area contributed by atoms with E-state index in [9.17, 15) is 19.2 Å². The van der Waals surface area contributed by atoms with Gasteiger partial charge in [0.05, 0.1) is 22.3 Å². The lowest BCUT2D eigenvalue weighted by atomic mass is 10.1. The Hall–Kier alpha value is -4.86. The number of hydrogen-bond donors (Lipinski definition) is 6. The van der Waals surface area contributed by atoms with E-state index in [1.807, 2.05) is 24.3 Å². The number of benzene rings is 3. The van der Waals surface area contributed by atoms with E-state index in [1.54, 1.807) is 0 Å². The van der Waals surface area contributed by atoms with E-state index in [-0.39, 0.29) is 22.3 Å². The van der Waals surface area contributed by atoms with Gasteiger partial charge in [-0.2, -0.15) is 0 Å². The molecule has 0 saturated heterocycles. The van der Waals surface area contributed by atoms with Gasteiger partial charge in [0.15, 0.2) is 0 Å². The van der Waals surface area contributed by atoms with Crippen molar-refractivity contribution in [1.82, 2.24) is 0 Å². The minimum Gasteiger partial charge on any atom is -0.478 e. The molecule has 0 fully saturated rings. The molecule has 3 rings (SSSR count). The molecule has 0 atom stereocenters. The highest BCUT2D eigenvalue weighted by Gasteiger charge is 2.12. The first kappa shape index (κ1) is 23.8. The maximum Gasteiger partial charge on any atom is 0.335 e. The summed E-state index contributed by atoms with van der Waals surface area (Å²) in [6.45, 7) is 0.636. The molecule has 3 aromatic rings. The molecule has 0 heterocycles. The van der Waals surface area contributed by atoms with Gasteiger partial charge < -0.3 is 31.1 Å². The number of anilines is 2. The second-order valence-electron chi connectivity index (χ2n) is 7.34. The fourth-order valence-corrected chi connectivity index (χ4v) is 3.14. The maximum absolute atomic E-state index is 11.2. The number of nitrogens with one attached hydrogen (secondary N) is 2. The molecule has 0 amide bonds. The summed E-state index contributed by atoms with van der Waals surface area (Å²) in [7, 11) is 0. The summed E-state index contributed by atoms with van der Waals surface area (Å²) >= 11 is 0. The van der Waals surface area contributed by atoms with Crippen molar-refractivity contribution < 1.29 is 39.6 Å². The van der Waals surface area contributed by atoms with Crippen LogP contribution in [0.5, 0.6) is 0 Å². The van der Waals surface area contributed by atoms with Gasteiger partial charge in [0.1, 0.15) is 0 Å². The number of carbonyl (C=O) groups is 4. The standard InChI is InChI=1S/C24H20N2O8/c27-21(28)15-5-16(22(29)30)8-19(7-15)25-11-13-1-2-14(4-3-13)12-26-20-9-17(23(31)32)6-18(10-20)24(33)34/h1-10,25-26H,11-12H2,(H,27,28)(H,29,30)(H,31,32)(H,33,34). The van der Waals surface area contributed by atoms with Gasteiger partial charge >= 0.3 is 23.9 Å². The monoisotopic (exact) mass is 464 g/mol. The molecule has 0 unspecified atom stereocenters. The highest BCUT2D eigenvalue weighted by Crippen LogP contribution is 2.19. The van der Waals surface area contributed by atoms with Gasteiger partial charge in [-0.15, -0.1) is 0 Å². The Balaban J connectivity index is 1.65. The third-order valence-electron chi connectivity index (χ3n) is 4.87. The minimum atomic E-state index is -1.23. The van der Waals surface area contributed by atoms with Crippen LogP contribution in [0.1, 0.15) is 52.6 Å². The van der Waals surface area contributed by atoms with Crippen LogP contribution in [0.15, 0.2) is 60.7 Å². The van der Waals surface area contributed by atoms with E-state index in [0.717, 1.165) is 23.3 Å². The van der Waals surface area contributed by atoms with Crippen molar-refractivity contribution in [2.24, 2.45) is 0 Å². The lowest BCUT2D eigenvalue weighted by Gasteiger charge is -2.11. The number of carboxylic acids is 4. The van der Waals surface area contributed by atoms with Crippen LogP contribution in [0.4, 0.5) is 11.4 Å². The quantitative estimate of drug-likeness (QED) is 0.260.